The fourth-order valence-corrected chi connectivity index (χ4v) is 3.99. The number of benzene rings is 2. The van der Waals surface area contributed by atoms with E-state index in [0.717, 1.165) is 0 Å². The molecular weight excluding hydrogens is 280 g/mol. The third-order valence-electron chi connectivity index (χ3n) is 3.17. The third kappa shape index (κ3) is 1.81. The largest absolute Gasteiger partial charge is 0.455 e. The molecule has 1 heterocycles. The SMILES string of the molecule is O=S1(=O)c2ccccc2Oc2cccc([C@@H](O)CO)c21. The standard InChI is InChI=1S/C14H12O5S/c15-8-10(16)9-4-3-6-12-14(9)20(17,18)13-7-2-1-5-11(13)19-12/h1-7,10,15-16H,8H2/t10-/m0/s1. The predicted molar refractivity (Wildman–Crippen MR) is 70.5 cm³/mol. The second-order valence-corrected chi connectivity index (χ2v) is 6.28. The van der Waals surface area contributed by atoms with E-state index >= 15 is 0 Å². The quantitative estimate of drug-likeness (QED) is 0.750. The van der Waals surface area contributed by atoms with Crippen LogP contribution in [0.3, 0.4) is 0 Å². The van der Waals surface area contributed by atoms with E-state index in [1.165, 1.54) is 18.2 Å². The van der Waals surface area contributed by atoms with Gasteiger partial charge in [-0.25, -0.2) is 8.42 Å². The summed E-state index contributed by atoms with van der Waals surface area (Å²) in [5.74, 6) is 0.421. The first-order valence-corrected chi connectivity index (χ1v) is 7.48. The van der Waals surface area contributed by atoms with Gasteiger partial charge in [0, 0.05) is 5.56 Å². The van der Waals surface area contributed by atoms with Crippen molar-refractivity contribution in [2.75, 3.05) is 6.61 Å². The average Bonchev–Trinajstić information content (AvgIpc) is 2.46. The zero-order valence-corrected chi connectivity index (χ0v) is 11.2. The Kier molecular flexibility index (Phi) is 3.01. The van der Waals surface area contributed by atoms with Crippen molar-refractivity contribution in [1.29, 1.82) is 0 Å². The lowest BCUT2D eigenvalue weighted by atomic mass is 10.1. The molecule has 0 aliphatic carbocycles. The number of para-hydroxylation sites is 1. The Hall–Kier alpha value is -1.89. The Balaban J connectivity index is 2.31. The Morgan fingerprint density at radius 3 is 2.50 bits per heavy atom. The first kappa shape index (κ1) is 13.1. The van der Waals surface area contributed by atoms with E-state index in [9.17, 15) is 13.5 Å². The molecule has 2 aromatic carbocycles. The van der Waals surface area contributed by atoms with Gasteiger partial charge in [0.05, 0.1) is 6.61 Å². The molecular formula is C14H12O5S. The minimum atomic E-state index is -3.78. The molecule has 0 spiro atoms. The van der Waals surface area contributed by atoms with Crippen molar-refractivity contribution in [1.82, 2.24) is 0 Å². The molecule has 0 aromatic heterocycles. The lowest BCUT2D eigenvalue weighted by Crippen LogP contribution is -2.16. The molecule has 2 N–H and O–H groups in total. The molecule has 0 saturated carbocycles. The van der Waals surface area contributed by atoms with Crippen LogP contribution in [0.15, 0.2) is 52.3 Å². The van der Waals surface area contributed by atoms with Crippen LogP contribution in [0.2, 0.25) is 0 Å². The first-order valence-electron chi connectivity index (χ1n) is 5.99. The highest BCUT2D eigenvalue weighted by Gasteiger charge is 2.34. The van der Waals surface area contributed by atoms with Gasteiger partial charge in [-0.3, -0.25) is 0 Å². The molecule has 0 amide bonds. The molecule has 1 aliphatic rings. The Labute approximate surface area is 116 Å². The van der Waals surface area contributed by atoms with Crippen LogP contribution >= 0.6 is 0 Å². The molecule has 1 atom stereocenters. The normalized spacial score (nSPS) is 16.7. The van der Waals surface area contributed by atoms with Crippen LogP contribution in [-0.4, -0.2) is 25.2 Å². The first-order chi connectivity index (χ1) is 9.55. The number of sulfone groups is 1. The van der Waals surface area contributed by atoms with E-state index < -0.39 is 22.5 Å². The van der Waals surface area contributed by atoms with E-state index in [4.69, 9.17) is 9.84 Å². The molecule has 104 valence electrons. The summed E-state index contributed by atoms with van der Waals surface area (Å²) in [7, 11) is -3.78. The van der Waals surface area contributed by atoms with E-state index in [0.29, 0.717) is 0 Å². The summed E-state index contributed by atoms with van der Waals surface area (Å²) in [5, 5.41) is 18.9. The Bertz CT molecular complexity index is 767. The van der Waals surface area contributed by atoms with Crippen molar-refractivity contribution in [2.45, 2.75) is 15.9 Å². The van der Waals surface area contributed by atoms with E-state index in [1.54, 1.807) is 24.3 Å². The summed E-state index contributed by atoms with van der Waals surface area (Å²) in [5.41, 5.74) is 0.138. The van der Waals surface area contributed by atoms with Gasteiger partial charge in [0.25, 0.3) is 0 Å². The second-order valence-electron chi connectivity index (χ2n) is 4.43. The molecule has 5 nitrogen and oxygen atoms in total. The summed E-state index contributed by atoms with van der Waals surface area (Å²) in [6.45, 7) is -0.562. The number of aliphatic hydroxyl groups is 2. The molecule has 0 fully saturated rings. The highest BCUT2D eigenvalue weighted by Crippen LogP contribution is 2.44. The number of hydrogen-bond acceptors (Lipinski definition) is 5. The van der Waals surface area contributed by atoms with Crippen LogP contribution in [0.4, 0.5) is 0 Å². The molecule has 2 aromatic rings. The minimum Gasteiger partial charge on any atom is -0.455 e. The van der Waals surface area contributed by atoms with E-state index in [-0.39, 0.29) is 26.9 Å². The van der Waals surface area contributed by atoms with Crippen LogP contribution in [0.25, 0.3) is 0 Å². The van der Waals surface area contributed by atoms with Crippen molar-refractivity contribution in [3.8, 4) is 11.5 Å². The van der Waals surface area contributed by atoms with E-state index in [2.05, 4.69) is 0 Å². The summed E-state index contributed by atoms with van der Waals surface area (Å²) >= 11 is 0. The summed E-state index contributed by atoms with van der Waals surface area (Å²) in [6.07, 6.45) is -1.27. The summed E-state index contributed by atoms with van der Waals surface area (Å²) < 4.78 is 30.9. The minimum absolute atomic E-state index is 0.0603. The van der Waals surface area contributed by atoms with Crippen molar-refractivity contribution < 1.29 is 23.4 Å². The molecule has 20 heavy (non-hydrogen) atoms. The molecule has 3 rings (SSSR count). The fourth-order valence-electron chi connectivity index (χ4n) is 2.25. The highest BCUT2D eigenvalue weighted by molar-refractivity contribution is 7.91. The van der Waals surface area contributed by atoms with Crippen LogP contribution < -0.4 is 4.74 Å². The van der Waals surface area contributed by atoms with Crippen molar-refractivity contribution in [3.05, 3.63) is 48.0 Å². The van der Waals surface area contributed by atoms with Crippen LogP contribution in [0.5, 0.6) is 11.5 Å². The molecule has 0 radical (unpaired) electrons. The Morgan fingerprint density at radius 2 is 1.75 bits per heavy atom. The summed E-state index contributed by atoms with van der Waals surface area (Å²) in [4.78, 5) is -0.0228. The Morgan fingerprint density at radius 1 is 1.05 bits per heavy atom. The molecule has 0 saturated heterocycles. The zero-order valence-electron chi connectivity index (χ0n) is 10.4. The second kappa shape index (κ2) is 4.59. The van der Waals surface area contributed by atoms with Crippen LogP contribution in [0.1, 0.15) is 11.7 Å². The zero-order chi connectivity index (χ0) is 14.3. The molecule has 0 unspecified atom stereocenters. The number of ether oxygens (including phenoxy) is 1. The van der Waals surface area contributed by atoms with Crippen molar-refractivity contribution in [3.63, 3.8) is 0 Å². The maximum atomic E-state index is 12.7. The van der Waals surface area contributed by atoms with Gasteiger partial charge in [-0.05, 0) is 18.2 Å². The number of hydrogen-bond donors (Lipinski definition) is 2. The van der Waals surface area contributed by atoms with Gasteiger partial charge in [0.15, 0.2) is 0 Å². The topological polar surface area (TPSA) is 83.8 Å². The van der Waals surface area contributed by atoms with Gasteiger partial charge in [0.2, 0.25) is 9.84 Å². The van der Waals surface area contributed by atoms with Crippen molar-refractivity contribution >= 4 is 9.84 Å². The van der Waals surface area contributed by atoms with E-state index in [1.807, 2.05) is 0 Å². The van der Waals surface area contributed by atoms with Crippen molar-refractivity contribution in [2.24, 2.45) is 0 Å². The number of rotatable bonds is 2. The average molecular weight is 292 g/mol. The van der Waals surface area contributed by atoms with Gasteiger partial charge < -0.3 is 14.9 Å². The number of fused-ring (bicyclic) bond motifs is 2. The smallest absolute Gasteiger partial charge is 0.214 e. The maximum Gasteiger partial charge on any atom is 0.214 e. The molecule has 1 aliphatic heterocycles. The highest BCUT2D eigenvalue weighted by atomic mass is 32.2. The van der Waals surface area contributed by atoms with Crippen LogP contribution in [-0.2, 0) is 9.84 Å². The van der Waals surface area contributed by atoms with Gasteiger partial charge >= 0.3 is 0 Å². The monoisotopic (exact) mass is 292 g/mol. The van der Waals surface area contributed by atoms with Gasteiger partial charge in [-0.1, -0.05) is 24.3 Å². The van der Waals surface area contributed by atoms with Gasteiger partial charge in [-0.15, -0.1) is 0 Å². The molecule has 6 heteroatoms. The predicted octanol–water partition coefficient (Wildman–Crippen LogP) is 1.65. The lowest BCUT2D eigenvalue weighted by molar-refractivity contribution is 0.0931. The fraction of sp³-hybridized carbons (Fsp3) is 0.143. The summed E-state index contributed by atoms with van der Waals surface area (Å²) in [6, 6.07) is 10.9. The number of aliphatic hydroxyl groups excluding tert-OH is 2. The third-order valence-corrected chi connectivity index (χ3v) is 5.06. The van der Waals surface area contributed by atoms with Gasteiger partial charge in [-0.2, -0.15) is 0 Å². The maximum absolute atomic E-state index is 12.7. The molecule has 0 bridgehead atoms. The lowest BCUT2D eigenvalue weighted by Gasteiger charge is -2.23. The van der Waals surface area contributed by atoms with Crippen LogP contribution in [0, 0.1) is 0 Å². The van der Waals surface area contributed by atoms with Gasteiger partial charge in [0.1, 0.15) is 27.4 Å².